The van der Waals surface area contributed by atoms with Gasteiger partial charge in [0.05, 0.1) is 6.42 Å². The normalized spacial score (nSPS) is 16.1. The summed E-state index contributed by atoms with van der Waals surface area (Å²) in [6.07, 6.45) is 3.27. The number of hydrogen-bond acceptors (Lipinski definition) is 3. The van der Waals surface area contributed by atoms with Crippen molar-refractivity contribution in [1.29, 1.82) is 0 Å². The molecule has 56 valence electrons. The second kappa shape index (κ2) is 2.17. The van der Waals surface area contributed by atoms with E-state index in [4.69, 9.17) is 11.6 Å². The number of rotatable bonds is 0. The molecule has 0 N–H and O–H groups in total. The van der Waals surface area contributed by atoms with E-state index < -0.39 is 0 Å². The molecule has 0 aromatic carbocycles. The molecule has 1 aromatic heterocycles. The van der Waals surface area contributed by atoms with Crippen LogP contribution in [0.4, 0.5) is 5.95 Å². The highest BCUT2D eigenvalue weighted by atomic mass is 35.5. The molecular formula is C6H4ClN3O. The molecule has 1 aliphatic heterocycles. The Bertz CT molecular complexity index is 341. The summed E-state index contributed by atoms with van der Waals surface area (Å²) in [6, 6.07) is 0. The van der Waals surface area contributed by atoms with E-state index >= 15 is 0 Å². The van der Waals surface area contributed by atoms with Crippen molar-refractivity contribution in [3.8, 4) is 0 Å². The van der Waals surface area contributed by atoms with Gasteiger partial charge in [-0.25, -0.2) is 9.98 Å². The molecule has 2 rings (SSSR count). The molecule has 2 heterocycles. The van der Waals surface area contributed by atoms with Crippen molar-refractivity contribution in [1.82, 2.24) is 9.55 Å². The first-order valence-corrected chi connectivity index (χ1v) is 3.45. The van der Waals surface area contributed by atoms with Crippen LogP contribution < -0.4 is 0 Å². The molecule has 1 aromatic rings. The van der Waals surface area contributed by atoms with E-state index in [9.17, 15) is 4.79 Å². The van der Waals surface area contributed by atoms with E-state index in [-0.39, 0.29) is 12.3 Å². The molecule has 0 fully saturated rings. The molecule has 0 saturated carbocycles. The Hall–Kier alpha value is -1.16. The maximum absolute atomic E-state index is 11.1. The van der Waals surface area contributed by atoms with E-state index in [1.165, 1.54) is 10.8 Å². The summed E-state index contributed by atoms with van der Waals surface area (Å²) in [5, 5.41) is 0.300. The lowest BCUT2D eigenvalue weighted by atomic mass is 10.4. The number of halogens is 1. The number of hydrogen-bond donors (Lipinski definition) is 0. The van der Waals surface area contributed by atoms with Crippen LogP contribution in [0.3, 0.4) is 0 Å². The topological polar surface area (TPSA) is 47.2 Å². The van der Waals surface area contributed by atoms with Gasteiger partial charge in [0, 0.05) is 12.4 Å². The van der Waals surface area contributed by atoms with Crippen molar-refractivity contribution in [2.45, 2.75) is 6.42 Å². The molecule has 11 heavy (non-hydrogen) atoms. The van der Waals surface area contributed by atoms with Gasteiger partial charge in [-0.15, -0.1) is 0 Å². The molecule has 1 aliphatic rings. The third-order valence-electron chi connectivity index (χ3n) is 1.41. The third-order valence-corrected chi connectivity index (χ3v) is 1.63. The Balaban J connectivity index is 2.60. The summed E-state index contributed by atoms with van der Waals surface area (Å²) in [4.78, 5) is 18.8. The zero-order valence-corrected chi connectivity index (χ0v) is 6.25. The number of imidazole rings is 1. The number of aromatic nitrogens is 2. The third kappa shape index (κ3) is 0.952. The first-order chi connectivity index (χ1) is 5.27. The Morgan fingerprint density at radius 2 is 2.45 bits per heavy atom. The predicted octanol–water partition coefficient (Wildman–Crippen LogP) is 1.20. The number of carbonyl (C=O) groups excluding carboxylic acids is 1. The number of fused-ring (bicyclic) bond motifs is 1. The van der Waals surface area contributed by atoms with Gasteiger partial charge in [-0.3, -0.25) is 9.36 Å². The van der Waals surface area contributed by atoms with Crippen LogP contribution >= 0.6 is 11.6 Å². The van der Waals surface area contributed by atoms with Crippen LogP contribution in [0.15, 0.2) is 17.4 Å². The minimum absolute atomic E-state index is 0.0856. The summed E-state index contributed by atoms with van der Waals surface area (Å²) in [7, 11) is 0. The van der Waals surface area contributed by atoms with Crippen LogP contribution in [-0.4, -0.2) is 20.6 Å². The van der Waals surface area contributed by atoms with Gasteiger partial charge >= 0.3 is 0 Å². The highest BCUT2D eigenvalue weighted by molar-refractivity contribution is 6.67. The number of nitrogens with zero attached hydrogens (tertiary/aromatic N) is 3. The maximum atomic E-state index is 11.1. The lowest BCUT2D eigenvalue weighted by molar-refractivity contribution is 0.0922. The van der Waals surface area contributed by atoms with Crippen LogP contribution in [0.1, 0.15) is 11.2 Å². The first-order valence-electron chi connectivity index (χ1n) is 3.07. The lowest BCUT2D eigenvalue weighted by Crippen LogP contribution is -2.15. The zero-order valence-electron chi connectivity index (χ0n) is 5.49. The molecule has 0 spiro atoms. The van der Waals surface area contributed by atoms with Crippen molar-refractivity contribution < 1.29 is 4.79 Å². The summed E-state index contributed by atoms with van der Waals surface area (Å²) < 4.78 is 1.38. The second-order valence-electron chi connectivity index (χ2n) is 2.16. The molecule has 0 atom stereocenters. The Morgan fingerprint density at radius 3 is 3.27 bits per heavy atom. The fourth-order valence-corrected chi connectivity index (χ4v) is 1.12. The summed E-state index contributed by atoms with van der Waals surface area (Å²) in [5.41, 5.74) is 0. The maximum Gasteiger partial charge on any atom is 0.240 e. The van der Waals surface area contributed by atoms with Crippen LogP contribution in [0.5, 0.6) is 0 Å². The van der Waals surface area contributed by atoms with Crippen LogP contribution in [0.25, 0.3) is 0 Å². The molecular weight excluding hydrogens is 166 g/mol. The van der Waals surface area contributed by atoms with Gasteiger partial charge in [-0.05, 0) is 0 Å². The Morgan fingerprint density at radius 1 is 1.64 bits per heavy atom. The van der Waals surface area contributed by atoms with E-state index in [0.717, 1.165) is 0 Å². The SMILES string of the molecule is O=C1CC(Cl)=Nc2nccn21. The first kappa shape index (κ1) is 6.54. The van der Waals surface area contributed by atoms with Crippen molar-refractivity contribution in [3.63, 3.8) is 0 Å². The van der Waals surface area contributed by atoms with Crippen molar-refractivity contribution in [2.24, 2.45) is 4.99 Å². The molecule has 0 unspecified atom stereocenters. The number of aliphatic imine (C=N–C) groups is 1. The number of carbonyl (C=O) groups is 1. The van der Waals surface area contributed by atoms with E-state index in [0.29, 0.717) is 11.1 Å². The summed E-state index contributed by atoms with van der Waals surface area (Å²) >= 11 is 5.57. The Labute approximate surface area is 67.5 Å². The molecule has 0 radical (unpaired) electrons. The molecule has 0 saturated heterocycles. The van der Waals surface area contributed by atoms with Gasteiger partial charge in [0.1, 0.15) is 5.17 Å². The summed E-state index contributed by atoms with van der Waals surface area (Å²) in [6.45, 7) is 0. The van der Waals surface area contributed by atoms with Crippen molar-refractivity contribution in [3.05, 3.63) is 12.4 Å². The lowest BCUT2D eigenvalue weighted by Gasteiger charge is -2.06. The van der Waals surface area contributed by atoms with Gasteiger partial charge in [0.15, 0.2) is 0 Å². The van der Waals surface area contributed by atoms with Crippen molar-refractivity contribution in [2.75, 3.05) is 0 Å². The molecule has 0 aliphatic carbocycles. The minimum atomic E-state index is -0.0856. The van der Waals surface area contributed by atoms with Crippen LogP contribution in [0, 0.1) is 0 Å². The molecule has 0 amide bonds. The van der Waals surface area contributed by atoms with Gasteiger partial charge in [-0.2, -0.15) is 0 Å². The fraction of sp³-hybridized carbons (Fsp3) is 0.167. The van der Waals surface area contributed by atoms with Gasteiger partial charge in [0.25, 0.3) is 0 Å². The van der Waals surface area contributed by atoms with E-state index in [1.807, 2.05) is 0 Å². The molecule has 0 bridgehead atoms. The monoisotopic (exact) mass is 169 g/mol. The van der Waals surface area contributed by atoms with Crippen LogP contribution in [-0.2, 0) is 0 Å². The van der Waals surface area contributed by atoms with Gasteiger partial charge < -0.3 is 0 Å². The van der Waals surface area contributed by atoms with Gasteiger partial charge in [-0.1, -0.05) is 11.6 Å². The van der Waals surface area contributed by atoms with E-state index in [2.05, 4.69) is 9.98 Å². The van der Waals surface area contributed by atoms with E-state index in [1.54, 1.807) is 6.20 Å². The predicted molar refractivity (Wildman–Crippen MR) is 40.4 cm³/mol. The summed E-state index contributed by atoms with van der Waals surface area (Å²) in [5.74, 6) is 0.281. The smallest absolute Gasteiger partial charge is 0.240 e. The molecule has 4 nitrogen and oxygen atoms in total. The highest BCUT2D eigenvalue weighted by Crippen LogP contribution is 2.17. The van der Waals surface area contributed by atoms with Crippen LogP contribution in [0.2, 0.25) is 0 Å². The molecule has 5 heteroatoms. The zero-order chi connectivity index (χ0) is 7.84. The fourth-order valence-electron chi connectivity index (χ4n) is 0.931. The highest BCUT2D eigenvalue weighted by Gasteiger charge is 2.17. The standard InChI is InChI=1S/C6H4ClN3O/c7-4-3-5(11)10-2-1-8-6(10)9-4/h1-2H,3H2. The average Bonchev–Trinajstić information content (AvgIpc) is 2.34. The Kier molecular flexibility index (Phi) is 1.29. The van der Waals surface area contributed by atoms with Gasteiger partial charge in [0.2, 0.25) is 11.9 Å². The van der Waals surface area contributed by atoms with Crippen molar-refractivity contribution >= 4 is 28.6 Å². The second-order valence-corrected chi connectivity index (χ2v) is 2.59. The average molecular weight is 170 g/mol. The quantitative estimate of drug-likeness (QED) is 0.586. The minimum Gasteiger partial charge on any atom is -0.274 e. The largest absolute Gasteiger partial charge is 0.274 e.